The smallest absolute Gasteiger partial charge is 0.101 e. The molecular weight excluding hydrogens is 153 g/mol. The lowest BCUT2D eigenvalue weighted by molar-refractivity contribution is -0.135. The van der Waals surface area contributed by atoms with Gasteiger partial charge < -0.3 is 0 Å². The van der Waals surface area contributed by atoms with Crippen LogP contribution in [0.5, 0.6) is 0 Å². The van der Waals surface area contributed by atoms with E-state index >= 15 is 0 Å². The average Bonchev–Trinajstić information content (AvgIpc) is 1.71. The van der Waals surface area contributed by atoms with Crippen molar-refractivity contribution in [3.05, 3.63) is 0 Å². The fourth-order valence-electron chi connectivity index (χ4n) is 2.38. The first kappa shape index (κ1) is 8.49. The van der Waals surface area contributed by atoms with E-state index in [2.05, 4.69) is 25.7 Å². The molecule has 12 heavy (non-hydrogen) atoms. The molecule has 1 spiro atoms. The third-order valence-corrected chi connectivity index (χ3v) is 3.31. The molecule has 0 atom stereocenters. The normalized spacial score (nSPS) is 30.0. The molecule has 2 aliphatic rings. The minimum atomic E-state index is -0.493. The highest BCUT2D eigenvalue weighted by molar-refractivity contribution is 5.07. The Morgan fingerprint density at radius 2 is 1.75 bits per heavy atom. The van der Waals surface area contributed by atoms with E-state index in [4.69, 9.17) is 0 Å². The van der Waals surface area contributed by atoms with Crippen LogP contribution in [0, 0.1) is 5.41 Å². The monoisotopic (exact) mass is 171 g/mol. The number of alkyl halides is 1. The van der Waals surface area contributed by atoms with Gasteiger partial charge in [0.2, 0.25) is 0 Å². The Balaban J connectivity index is 1.85. The summed E-state index contributed by atoms with van der Waals surface area (Å²) in [5.74, 6) is 0. The van der Waals surface area contributed by atoms with Crippen molar-refractivity contribution in [2.24, 2.45) is 5.41 Å². The summed E-state index contributed by atoms with van der Waals surface area (Å²) in [6.07, 6.45) is 1.14. The molecule has 1 nitrogen and oxygen atoms in total. The van der Waals surface area contributed by atoms with Crippen LogP contribution in [0.25, 0.3) is 0 Å². The molecule has 70 valence electrons. The molecule has 0 aromatic heterocycles. The zero-order valence-electron chi connectivity index (χ0n) is 8.23. The second-order valence-electron chi connectivity index (χ2n) is 5.53. The van der Waals surface area contributed by atoms with E-state index in [1.165, 1.54) is 0 Å². The van der Waals surface area contributed by atoms with Crippen molar-refractivity contribution in [3.63, 3.8) is 0 Å². The largest absolute Gasteiger partial charge is 0.297 e. The maximum absolute atomic E-state index is 12.6. The fraction of sp³-hybridized carbons (Fsp3) is 1.00. The van der Waals surface area contributed by atoms with Crippen LogP contribution < -0.4 is 0 Å². The molecule has 0 N–H and O–H groups in total. The summed E-state index contributed by atoms with van der Waals surface area (Å²) in [6.45, 7) is 8.93. The number of halogens is 1. The van der Waals surface area contributed by atoms with Gasteiger partial charge in [0.1, 0.15) is 6.17 Å². The molecule has 0 bridgehead atoms. The first-order valence-electron chi connectivity index (χ1n) is 4.80. The highest BCUT2D eigenvalue weighted by Gasteiger charge is 2.54. The molecule has 1 saturated heterocycles. The van der Waals surface area contributed by atoms with Gasteiger partial charge in [-0.15, -0.1) is 0 Å². The van der Waals surface area contributed by atoms with E-state index in [0.717, 1.165) is 25.9 Å². The molecule has 2 fully saturated rings. The Hall–Kier alpha value is -0.110. The molecule has 0 aromatic carbocycles. The molecule has 0 amide bonds. The van der Waals surface area contributed by atoms with E-state index in [1.807, 2.05) is 0 Å². The molecule has 0 aromatic rings. The minimum absolute atomic E-state index is 0.284. The standard InChI is InChI=1S/C10H18FN/c1-9(2,3)12-6-10(7-12)4-8(11)5-10/h8H,4-7H2,1-3H3. The summed E-state index contributed by atoms with van der Waals surface area (Å²) >= 11 is 0. The van der Waals surface area contributed by atoms with Crippen molar-refractivity contribution in [1.82, 2.24) is 4.90 Å². The van der Waals surface area contributed by atoms with Crippen LogP contribution in [0.2, 0.25) is 0 Å². The third-order valence-electron chi connectivity index (χ3n) is 3.31. The van der Waals surface area contributed by atoms with Crippen LogP contribution in [-0.2, 0) is 0 Å². The Kier molecular flexibility index (Phi) is 1.57. The van der Waals surface area contributed by atoms with Crippen LogP contribution in [-0.4, -0.2) is 29.7 Å². The zero-order chi connectivity index (χ0) is 8.98. The zero-order valence-corrected chi connectivity index (χ0v) is 8.23. The summed E-state index contributed by atoms with van der Waals surface area (Å²) in [5.41, 5.74) is 0.680. The fourth-order valence-corrected chi connectivity index (χ4v) is 2.38. The van der Waals surface area contributed by atoms with Crippen molar-refractivity contribution < 1.29 is 4.39 Å². The van der Waals surface area contributed by atoms with Crippen LogP contribution in [0.3, 0.4) is 0 Å². The summed E-state index contributed by atoms with van der Waals surface area (Å²) in [6, 6.07) is 0. The van der Waals surface area contributed by atoms with Crippen molar-refractivity contribution in [1.29, 1.82) is 0 Å². The molecule has 1 aliphatic heterocycles. The molecule has 2 heteroatoms. The van der Waals surface area contributed by atoms with Gasteiger partial charge in [-0.25, -0.2) is 4.39 Å². The number of hydrogen-bond acceptors (Lipinski definition) is 1. The van der Waals surface area contributed by atoms with E-state index in [-0.39, 0.29) is 5.54 Å². The van der Waals surface area contributed by atoms with Crippen LogP contribution in [0.4, 0.5) is 4.39 Å². The highest BCUT2D eigenvalue weighted by Crippen LogP contribution is 2.51. The van der Waals surface area contributed by atoms with Crippen LogP contribution in [0.15, 0.2) is 0 Å². The quantitative estimate of drug-likeness (QED) is 0.540. The average molecular weight is 171 g/mol. The van der Waals surface area contributed by atoms with Gasteiger partial charge in [-0.1, -0.05) is 0 Å². The van der Waals surface area contributed by atoms with Crippen LogP contribution >= 0.6 is 0 Å². The van der Waals surface area contributed by atoms with Crippen molar-refractivity contribution in [2.45, 2.75) is 45.3 Å². The molecule has 1 aliphatic carbocycles. The third kappa shape index (κ3) is 1.17. The molecule has 2 rings (SSSR count). The summed E-state index contributed by atoms with van der Waals surface area (Å²) in [7, 11) is 0. The topological polar surface area (TPSA) is 3.24 Å². The second-order valence-corrected chi connectivity index (χ2v) is 5.53. The first-order valence-corrected chi connectivity index (χ1v) is 4.80. The first-order chi connectivity index (χ1) is 5.41. The highest BCUT2D eigenvalue weighted by atomic mass is 19.1. The van der Waals surface area contributed by atoms with E-state index < -0.39 is 6.17 Å². The van der Waals surface area contributed by atoms with Gasteiger partial charge in [-0.3, -0.25) is 4.90 Å². The van der Waals surface area contributed by atoms with Gasteiger partial charge in [-0.2, -0.15) is 0 Å². The van der Waals surface area contributed by atoms with Gasteiger partial charge in [0.15, 0.2) is 0 Å². The Bertz CT molecular complexity index is 181. The van der Waals surface area contributed by atoms with Gasteiger partial charge in [0.05, 0.1) is 0 Å². The predicted octanol–water partition coefficient (Wildman–Crippen LogP) is 2.22. The maximum atomic E-state index is 12.6. The van der Waals surface area contributed by atoms with Crippen molar-refractivity contribution in [3.8, 4) is 0 Å². The van der Waals surface area contributed by atoms with Crippen molar-refractivity contribution >= 4 is 0 Å². The molecule has 1 heterocycles. The number of hydrogen-bond donors (Lipinski definition) is 0. The molecular formula is C10H18FN. The van der Waals surface area contributed by atoms with Gasteiger partial charge in [-0.05, 0) is 33.6 Å². The van der Waals surface area contributed by atoms with E-state index in [1.54, 1.807) is 0 Å². The summed E-state index contributed by atoms with van der Waals surface area (Å²) in [5, 5.41) is 0. The van der Waals surface area contributed by atoms with Gasteiger partial charge in [0.25, 0.3) is 0 Å². The molecule has 1 saturated carbocycles. The maximum Gasteiger partial charge on any atom is 0.101 e. The lowest BCUT2D eigenvalue weighted by Crippen LogP contribution is -2.67. The molecule has 0 radical (unpaired) electrons. The number of rotatable bonds is 0. The Morgan fingerprint density at radius 1 is 1.25 bits per heavy atom. The second kappa shape index (κ2) is 2.22. The van der Waals surface area contributed by atoms with E-state index in [9.17, 15) is 4.39 Å². The lowest BCUT2D eigenvalue weighted by Gasteiger charge is -2.61. The summed E-state index contributed by atoms with van der Waals surface area (Å²) < 4.78 is 12.6. The number of likely N-dealkylation sites (tertiary alicyclic amines) is 1. The SMILES string of the molecule is CC(C)(C)N1CC2(CC(F)C2)C1. The van der Waals surface area contributed by atoms with E-state index in [0.29, 0.717) is 5.41 Å². The van der Waals surface area contributed by atoms with Crippen LogP contribution in [0.1, 0.15) is 33.6 Å². The van der Waals surface area contributed by atoms with Gasteiger partial charge in [0, 0.05) is 24.0 Å². The van der Waals surface area contributed by atoms with Gasteiger partial charge >= 0.3 is 0 Å². The Morgan fingerprint density at radius 3 is 2.08 bits per heavy atom. The molecule has 0 unspecified atom stereocenters. The lowest BCUT2D eigenvalue weighted by atomic mass is 9.61. The minimum Gasteiger partial charge on any atom is -0.297 e. The predicted molar refractivity (Wildman–Crippen MR) is 47.9 cm³/mol. The van der Waals surface area contributed by atoms with Crippen molar-refractivity contribution in [2.75, 3.05) is 13.1 Å². The number of nitrogens with zero attached hydrogens (tertiary/aromatic N) is 1. The Labute approximate surface area is 73.9 Å². The summed E-state index contributed by atoms with van der Waals surface area (Å²) in [4.78, 5) is 2.44.